The fourth-order valence-electron chi connectivity index (χ4n) is 2.89. The lowest BCUT2D eigenvalue weighted by Crippen LogP contribution is -2.30. The van der Waals surface area contributed by atoms with Gasteiger partial charge >= 0.3 is 0 Å². The molecule has 0 unspecified atom stereocenters. The Balaban J connectivity index is 1.71. The number of ether oxygens (including phenoxy) is 2. The molecule has 1 N–H and O–H groups in total. The number of carbonyl (C=O) groups excluding carboxylic acids is 1. The molecule has 1 fully saturated rings. The molecule has 0 spiro atoms. The third kappa shape index (κ3) is 4.70. The highest BCUT2D eigenvalue weighted by Crippen LogP contribution is 2.26. The van der Waals surface area contributed by atoms with Crippen molar-refractivity contribution in [1.29, 1.82) is 0 Å². The van der Waals surface area contributed by atoms with Crippen LogP contribution in [0.5, 0.6) is 11.5 Å². The smallest absolute Gasteiger partial charge is 0.281 e. The number of unbranched alkanes of at least 4 members (excludes halogenated alkanes) is 2. The largest absolute Gasteiger partial charge is 0.497 e. The van der Waals surface area contributed by atoms with E-state index in [2.05, 4.69) is 12.2 Å². The molecule has 0 aliphatic carbocycles. The van der Waals surface area contributed by atoms with Crippen molar-refractivity contribution in [2.45, 2.75) is 26.2 Å². The van der Waals surface area contributed by atoms with E-state index in [1.807, 2.05) is 42.5 Å². The van der Waals surface area contributed by atoms with Gasteiger partial charge in [-0.2, -0.15) is 0 Å². The second-order valence-corrected chi connectivity index (χ2v) is 6.84. The van der Waals surface area contributed by atoms with Gasteiger partial charge in [-0.25, -0.2) is 0 Å². The summed E-state index contributed by atoms with van der Waals surface area (Å²) in [6, 6.07) is 14.9. The van der Waals surface area contributed by atoms with Crippen LogP contribution in [-0.2, 0) is 4.79 Å². The van der Waals surface area contributed by atoms with Crippen molar-refractivity contribution < 1.29 is 14.3 Å². The summed E-state index contributed by atoms with van der Waals surface area (Å²) in [6.07, 6.45) is 5.18. The van der Waals surface area contributed by atoms with E-state index in [0.717, 1.165) is 24.3 Å². The Morgan fingerprint density at radius 2 is 1.89 bits per heavy atom. The fourth-order valence-corrected chi connectivity index (χ4v) is 3.19. The molecule has 2 aromatic carbocycles. The number of nitrogens with one attached hydrogen (secondary N) is 1. The summed E-state index contributed by atoms with van der Waals surface area (Å²) in [5, 5.41) is 3.35. The van der Waals surface area contributed by atoms with E-state index < -0.39 is 0 Å². The number of hydrogen-bond donors (Lipinski definition) is 1. The maximum Gasteiger partial charge on any atom is 0.281 e. The summed E-state index contributed by atoms with van der Waals surface area (Å²) in [6.45, 7) is 2.89. The zero-order valence-corrected chi connectivity index (χ0v) is 16.9. The molecule has 0 radical (unpaired) electrons. The molecule has 6 heteroatoms. The summed E-state index contributed by atoms with van der Waals surface area (Å²) in [5.74, 6) is 1.30. The van der Waals surface area contributed by atoms with Crippen LogP contribution in [0.1, 0.15) is 31.7 Å². The lowest BCUT2D eigenvalue weighted by Gasteiger charge is -2.14. The first-order valence-electron chi connectivity index (χ1n) is 9.36. The van der Waals surface area contributed by atoms with Crippen LogP contribution in [0.4, 0.5) is 5.69 Å². The Hall–Kier alpha value is -2.86. The molecule has 1 heterocycles. The van der Waals surface area contributed by atoms with Crippen LogP contribution in [0.2, 0.25) is 0 Å². The van der Waals surface area contributed by atoms with E-state index in [0.29, 0.717) is 22.2 Å². The van der Waals surface area contributed by atoms with Gasteiger partial charge in [0.15, 0.2) is 5.11 Å². The lowest BCUT2D eigenvalue weighted by molar-refractivity contribution is -0.113. The molecule has 0 atom stereocenters. The standard InChI is InChI=1S/C22H24N2O3S/c1-3-4-5-13-27-18-11-9-16(10-12-18)14-20-21(25)24(22(28)23-20)17-7-6-8-19(15-17)26-2/h6-12,14-15H,3-5,13H2,1-2H3,(H,23,28)/b20-14-. The normalized spacial score (nSPS) is 15.1. The molecule has 5 nitrogen and oxygen atoms in total. The molecule has 2 aromatic rings. The maximum atomic E-state index is 12.8. The average molecular weight is 397 g/mol. The van der Waals surface area contributed by atoms with Crippen LogP contribution in [-0.4, -0.2) is 24.7 Å². The van der Waals surface area contributed by atoms with Gasteiger partial charge in [0.2, 0.25) is 0 Å². The predicted octanol–water partition coefficient (Wildman–Crippen LogP) is 4.53. The average Bonchev–Trinajstić information content (AvgIpc) is 2.99. The van der Waals surface area contributed by atoms with Gasteiger partial charge < -0.3 is 14.8 Å². The summed E-state index contributed by atoms with van der Waals surface area (Å²) >= 11 is 5.35. The minimum atomic E-state index is -0.196. The Bertz CT molecular complexity index is 878. The van der Waals surface area contributed by atoms with E-state index in [1.165, 1.54) is 17.7 Å². The number of amides is 1. The van der Waals surface area contributed by atoms with Gasteiger partial charge in [-0.05, 0) is 54.5 Å². The van der Waals surface area contributed by atoms with Crippen molar-refractivity contribution in [2.24, 2.45) is 0 Å². The Labute approximate surface area is 170 Å². The molecule has 0 saturated carbocycles. The van der Waals surface area contributed by atoms with Gasteiger partial charge in [-0.15, -0.1) is 0 Å². The van der Waals surface area contributed by atoms with Crippen LogP contribution >= 0.6 is 12.2 Å². The minimum absolute atomic E-state index is 0.196. The number of methoxy groups -OCH3 is 1. The first-order chi connectivity index (χ1) is 13.6. The van der Waals surface area contributed by atoms with Crippen LogP contribution < -0.4 is 19.7 Å². The molecule has 0 bridgehead atoms. The number of carbonyl (C=O) groups is 1. The molecule has 3 rings (SSSR count). The van der Waals surface area contributed by atoms with E-state index in [-0.39, 0.29) is 5.91 Å². The number of thiocarbonyl (C=S) groups is 1. The molecule has 1 aliphatic heterocycles. The van der Waals surface area contributed by atoms with E-state index in [9.17, 15) is 4.79 Å². The number of benzene rings is 2. The molecule has 1 aliphatic rings. The first kappa shape index (κ1) is 19.9. The van der Waals surface area contributed by atoms with Crippen molar-refractivity contribution in [3.05, 3.63) is 59.8 Å². The topological polar surface area (TPSA) is 50.8 Å². The highest BCUT2D eigenvalue weighted by atomic mass is 32.1. The third-order valence-electron chi connectivity index (χ3n) is 4.40. The van der Waals surface area contributed by atoms with Gasteiger partial charge in [0.05, 0.1) is 19.4 Å². The lowest BCUT2D eigenvalue weighted by atomic mass is 10.2. The zero-order chi connectivity index (χ0) is 19.9. The Morgan fingerprint density at radius 3 is 2.61 bits per heavy atom. The van der Waals surface area contributed by atoms with Crippen LogP contribution in [0, 0.1) is 0 Å². The molecule has 1 saturated heterocycles. The van der Waals surface area contributed by atoms with Gasteiger partial charge in [0, 0.05) is 6.07 Å². The summed E-state index contributed by atoms with van der Waals surface area (Å²) in [7, 11) is 1.59. The highest BCUT2D eigenvalue weighted by molar-refractivity contribution is 7.80. The monoisotopic (exact) mass is 396 g/mol. The summed E-state index contributed by atoms with van der Waals surface area (Å²) < 4.78 is 11.0. The summed E-state index contributed by atoms with van der Waals surface area (Å²) in [5.41, 5.74) is 2.00. The number of anilines is 1. The molecule has 28 heavy (non-hydrogen) atoms. The van der Waals surface area contributed by atoms with Crippen LogP contribution in [0.3, 0.4) is 0 Å². The summed E-state index contributed by atoms with van der Waals surface area (Å²) in [4.78, 5) is 14.3. The van der Waals surface area contributed by atoms with Crippen molar-refractivity contribution in [2.75, 3.05) is 18.6 Å². The predicted molar refractivity (Wildman–Crippen MR) is 116 cm³/mol. The molecule has 0 aromatic heterocycles. The maximum absolute atomic E-state index is 12.8. The Morgan fingerprint density at radius 1 is 1.11 bits per heavy atom. The quantitative estimate of drug-likeness (QED) is 0.404. The second kappa shape index (κ2) is 9.37. The van der Waals surface area contributed by atoms with Crippen molar-refractivity contribution >= 4 is 35.0 Å². The third-order valence-corrected chi connectivity index (χ3v) is 4.68. The minimum Gasteiger partial charge on any atom is -0.497 e. The van der Waals surface area contributed by atoms with E-state index >= 15 is 0 Å². The second-order valence-electron chi connectivity index (χ2n) is 6.45. The Kier molecular flexibility index (Phi) is 6.66. The van der Waals surface area contributed by atoms with Gasteiger partial charge in [0.1, 0.15) is 17.2 Å². The van der Waals surface area contributed by atoms with E-state index in [4.69, 9.17) is 21.7 Å². The molecule has 1 amide bonds. The molecular weight excluding hydrogens is 372 g/mol. The van der Waals surface area contributed by atoms with Crippen LogP contribution in [0.15, 0.2) is 54.2 Å². The zero-order valence-electron chi connectivity index (χ0n) is 16.1. The highest BCUT2D eigenvalue weighted by Gasteiger charge is 2.32. The number of rotatable bonds is 8. The first-order valence-corrected chi connectivity index (χ1v) is 9.77. The molecular formula is C22H24N2O3S. The van der Waals surface area contributed by atoms with Gasteiger partial charge in [0.25, 0.3) is 5.91 Å². The van der Waals surface area contributed by atoms with Crippen molar-refractivity contribution in [3.8, 4) is 11.5 Å². The van der Waals surface area contributed by atoms with Crippen molar-refractivity contribution in [3.63, 3.8) is 0 Å². The fraction of sp³-hybridized carbons (Fsp3) is 0.273. The number of nitrogens with zero attached hydrogens (tertiary/aromatic N) is 1. The van der Waals surface area contributed by atoms with Gasteiger partial charge in [-0.1, -0.05) is 38.0 Å². The van der Waals surface area contributed by atoms with Crippen molar-refractivity contribution in [1.82, 2.24) is 5.32 Å². The molecule has 146 valence electrons. The van der Waals surface area contributed by atoms with Gasteiger partial charge in [-0.3, -0.25) is 9.69 Å². The number of hydrogen-bond acceptors (Lipinski definition) is 4. The van der Waals surface area contributed by atoms with E-state index in [1.54, 1.807) is 19.3 Å². The van der Waals surface area contributed by atoms with Crippen LogP contribution in [0.25, 0.3) is 6.08 Å². The SMILES string of the molecule is CCCCCOc1ccc(/C=C2\NC(=S)N(c3cccc(OC)c3)C2=O)cc1.